The maximum atomic E-state index is 6.45. The molecule has 4 aromatic rings. The Hall–Kier alpha value is -3.26. The lowest BCUT2D eigenvalue weighted by Crippen LogP contribution is -2.29. The van der Waals surface area contributed by atoms with E-state index in [4.69, 9.17) is 49.3 Å². The van der Waals surface area contributed by atoms with Crippen molar-refractivity contribution in [3.63, 3.8) is 0 Å². The molecule has 0 amide bonds. The summed E-state index contributed by atoms with van der Waals surface area (Å²) in [6.45, 7) is 0. The van der Waals surface area contributed by atoms with Crippen molar-refractivity contribution in [3.05, 3.63) is 94.4 Å². The fourth-order valence-electron chi connectivity index (χ4n) is 4.23. The van der Waals surface area contributed by atoms with E-state index in [1.165, 1.54) is 0 Å². The minimum absolute atomic E-state index is 0.268. The van der Waals surface area contributed by atoms with Gasteiger partial charge >= 0.3 is 0 Å². The molecular formula is C26H21Cl2N3O3S. The van der Waals surface area contributed by atoms with Gasteiger partial charge < -0.3 is 24.1 Å². The Morgan fingerprint density at radius 3 is 2.57 bits per heavy atom. The van der Waals surface area contributed by atoms with Crippen LogP contribution >= 0.6 is 35.4 Å². The van der Waals surface area contributed by atoms with Crippen molar-refractivity contribution in [3.8, 4) is 22.8 Å². The van der Waals surface area contributed by atoms with Crippen molar-refractivity contribution in [2.75, 3.05) is 19.1 Å². The number of aromatic nitrogens is 1. The number of furan rings is 1. The monoisotopic (exact) mass is 525 g/mol. The Bertz CT molecular complexity index is 1380. The van der Waals surface area contributed by atoms with E-state index >= 15 is 0 Å². The van der Waals surface area contributed by atoms with Crippen LogP contribution in [-0.4, -0.2) is 24.3 Å². The molecule has 1 aliphatic heterocycles. The fourth-order valence-corrected chi connectivity index (χ4v) is 5.07. The molecule has 3 heterocycles. The number of hydrogen-bond donors (Lipinski definition) is 1. The number of halogens is 2. The van der Waals surface area contributed by atoms with Crippen LogP contribution in [0.5, 0.6) is 11.5 Å². The van der Waals surface area contributed by atoms with Crippen molar-refractivity contribution in [2.24, 2.45) is 0 Å². The summed E-state index contributed by atoms with van der Waals surface area (Å²) in [5.41, 5.74) is 2.35. The van der Waals surface area contributed by atoms with E-state index in [-0.39, 0.29) is 12.1 Å². The molecule has 1 aliphatic rings. The summed E-state index contributed by atoms with van der Waals surface area (Å²) in [6, 6.07) is 19.9. The predicted molar refractivity (Wildman–Crippen MR) is 142 cm³/mol. The third-order valence-electron chi connectivity index (χ3n) is 5.86. The average Bonchev–Trinajstić information content (AvgIpc) is 3.48. The number of thiocarbonyl (C=S) groups is 1. The summed E-state index contributed by atoms with van der Waals surface area (Å²) in [7, 11) is 3.23. The molecule has 9 heteroatoms. The molecule has 6 nitrogen and oxygen atoms in total. The topological polar surface area (TPSA) is 59.8 Å². The first-order valence-electron chi connectivity index (χ1n) is 10.8. The van der Waals surface area contributed by atoms with Crippen molar-refractivity contribution in [1.82, 2.24) is 10.3 Å². The molecule has 2 aromatic carbocycles. The second-order valence-electron chi connectivity index (χ2n) is 7.86. The van der Waals surface area contributed by atoms with Crippen LogP contribution in [0.4, 0.5) is 5.69 Å². The van der Waals surface area contributed by atoms with Crippen LogP contribution in [0.3, 0.4) is 0 Å². The van der Waals surface area contributed by atoms with Gasteiger partial charge in [-0.05, 0) is 66.8 Å². The Balaban J connectivity index is 1.63. The lowest BCUT2D eigenvalue weighted by molar-refractivity contribution is 0.392. The smallest absolute Gasteiger partial charge is 0.174 e. The van der Waals surface area contributed by atoms with Gasteiger partial charge in [-0.3, -0.25) is 4.98 Å². The molecule has 0 spiro atoms. The first-order chi connectivity index (χ1) is 17.0. The first-order valence-corrected chi connectivity index (χ1v) is 11.9. The van der Waals surface area contributed by atoms with Crippen molar-refractivity contribution < 1.29 is 13.9 Å². The van der Waals surface area contributed by atoms with Gasteiger partial charge in [0.2, 0.25) is 0 Å². The van der Waals surface area contributed by atoms with Crippen LogP contribution in [0.25, 0.3) is 11.3 Å². The van der Waals surface area contributed by atoms with E-state index in [2.05, 4.69) is 10.3 Å². The number of benzene rings is 2. The molecule has 2 aromatic heterocycles. The number of anilines is 1. The van der Waals surface area contributed by atoms with Crippen LogP contribution in [0.1, 0.15) is 23.5 Å². The van der Waals surface area contributed by atoms with Crippen LogP contribution in [-0.2, 0) is 0 Å². The third-order valence-corrected chi connectivity index (χ3v) is 6.72. The van der Waals surface area contributed by atoms with E-state index in [0.29, 0.717) is 38.2 Å². The molecule has 0 saturated carbocycles. The molecule has 0 bridgehead atoms. The highest BCUT2D eigenvalue weighted by molar-refractivity contribution is 7.80. The van der Waals surface area contributed by atoms with Crippen LogP contribution < -0.4 is 19.7 Å². The SMILES string of the molecule is COc1ccc(N2C(=S)N[C@H](c3ccccn3)[C@H]2c2ccc(-c3ccc(Cl)cc3Cl)o2)c(OC)c1. The van der Waals surface area contributed by atoms with Gasteiger partial charge in [-0.2, -0.15) is 0 Å². The van der Waals surface area contributed by atoms with Gasteiger partial charge in [0.15, 0.2) is 5.11 Å². The second kappa shape index (κ2) is 9.77. The number of rotatable bonds is 6. The molecule has 35 heavy (non-hydrogen) atoms. The van der Waals surface area contributed by atoms with E-state index in [1.807, 2.05) is 59.5 Å². The van der Waals surface area contributed by atoms with Crippen molar-refractivity contribution in [2.45, 2.75) is 12.1 Å². The van der Waals surface area contributed by atoms with Gasteiger partial charge in [0.25, 0.3) is 0 Å². The first kappa shape index (κ1) is 23.5. The highest BCUT2D eigenvalue weighted by Gasteiger charge is 2.43. The summed E-state index contributed by atoms with van der Waals surface area (Å²) in [5, 5.41) is 5.01. The van der Waals surface area contributed by atoms with Crippen LogP contribution in [0.2, 0.25) is 10.0 Å². The zero-order valence-corrected chi connectivity index (χ0v) is 21.2. The number of hydrogen-bond acceptors (Lipinski definition) is 5. The van der Waals surface area contributed by atoms with Gasteiger partial charge in [0.05, 0.1) is 36.7 Å². The summed E-state index contributed by atoms with van der Waals surface area (Å²) >= 11 is 18.3. The molecule has 0 aliphatic carbocycles. The second-order valence-corrected chi connectivity index (χ2v) is 9.09. The highest BCUT2D eigenvalue weighted by atomic mass is 35.5. The van der Waals surface area contributed by atoms with E-state index < -0.39 is 0 Å². The Morgan fingerprint density at radius 1 is 1.00 bits per heavy atom. The summed E-state index contributed by atoms with van der Waals surface area (Å²) < 4.78 is 17.4. The number of nitrogens with zero attached hydrogens (tertiary/aromatic N) is 2. The fraction of sp³-hybridized carbons (Fsp3) is 0.154. The van der Waals surface area contributed by atoms with E-state index in [0.717, 1.165) is 16.9 Å². The number of nitrogens with one attached hydrogen (secondary N) is 1. The third kappa shape index (κ3) is 4.43. The molecule has 1 fully saturated rings. The maximum absolute atomic E-state index is 6.45. The molecule has 0 unspecified atom stereocenters. The minimum Gasteiger partial charge on any atom is -0.497 e. The zero-order chi connectivity index (χ0) is 24.5. The molecular weight excluding hydrogens is 505 g/mol. The zero-order valence-electron chi connectivity index (χ0n) is 18.9. The highest BCUT2D eigenvalue weighted by Crippen LogP contribution is 2.46. The van der Waals surface area contributed by atoms with Gasteiger partial charge in [-0.15, -0.1) is 0 Å². The summed E-state index contributed by atoms with van der Waals surface area (Å²) in [4.78, 5) is 6.57. The average molecular weight is 526 g/mol. The standard InChI is InChI=1S/C26H21Cl2N3O3S/c1-32-16-7-9-20(23(14-16)33-2)31-25(24(30-26(31)35)19-5-3-4-12-29-19)22-11-10-21(34-22)17-8-6-15(27)13-18(17)28/h3-14,24-25H,1-2H3,(H,30,35)/t24-,25-/m1/s1. The van der Waals surface area contributed by atoms with Gasteiger partial charge in [0.1, 0.15) is 29.1 Å². The van der Waals surface area contributed by atoms with Gasteiger partial charge in [0, 0.05) is 22.8 Å². The minimum atomic E-state index is -0.348. The summed E-state index contributed by atoms with van der Waals surface area (Å²) in [5.74, 6) is 2.61. The Kier molecular flexibility index (Phi) is 6.56. The quantitative estimate of drug-likeness (QED) is 0.276. The largest absolute Gasteiger partial charge is 0.497 e. The predicted octanol–water partition coefficient (Wildman–Crippen LogP) is 6.84. The van der Waals surface area contributed by atoms with E-state index in [1.54, 1.807) is 32.5 Å². The molecule has 5 rings (SSSR count). The Morgan fingerprint density at radius 2 is 1.86 bits per heavy atom. The lowest BCUT2D eigenvalue weighted by Gasteiger charge is -2.27. The van der Waals surface area contributed by atoms with Gasteiger partial charge in [-0.25, -0.2) is 0 Å². The van der Waals surface area contributed by atoms with Crippen LogP contribution in [0, 0.1) is 0 Å². The lowest BCUT2D eigenvalue weighted by atomic mass is 10.0. The molecule has 178 valence electrons. The van der Waals surface area contributed by atoms with Gasteiger partial charge in [-0.1, -0.05) is 29.3 Å². The molecule has 1 saturated heterocycles. The number of methoxy groups -OCH3 is 2. The maximum Gasteiger partial charge on any atom is 0.174 e. The normalized spacial score (nSPS) is 17.4. The number of pyridine rings is 1. The molecule has 2 atom stereocenters. The van der Waals surface area contributed by atoms with Crippen molar-refractivity contribution in [1.29, 1.82) is 0 Å². The molecule has 1 N–H and O–H groups in total. The molecule has 0 radical (unpaired) electrons. The Labute approximate surface area is 218 Å². The summed E-state index contributed by atoms with van der Waals surface area (Å²) in [6.07, 6.45) is 1.76. The van der Waals surface area contributed by atoms with Crippen molar-refractivity contribution >= 4 is 46.2 Å². The number of ether oxygens (including phenoxy) is 2. The van der Waals surface area contributed by atoms with Crippen LogP contribution in [0.15, 0.2) is 77.3 Å². The van der Waals surface area contributed by atoms with E-state index in [9.17, 15) is 0 Å².